The van der Waals surface area contributed by atoms with Gasteiger partial charge < -0.3 is 0 Å². The molecule has 2 rings (SSSR count). The smallest absolute Gasteiger partial charge is 0.0263 e. The summed E-state index contributed by atoms with van der Waals surface area (Å²) < 4.78 is 0. The van der Waals surface area contributed by atoms with Gasteiger partial charge in [0.1, 0.15) is 0 Å². The summed E-state index contributed by atoms with van der Waals surface area (Å²) in [5.74, 6) is 11.5. The van der Waals surface area contributed by atoms with Gasteiger partial charge >= 0.3 is 0 Å². The summed E-state index contributed by atoms with van der Waals surface area (Å²) in [6.07, 6.45) is 10.0. The van der Waals surface area contributed by atoms with Crippen LogP contribution in [0.4, 0.5) is 0 Å². The van der Waals surface area contributed by atoms with Crippen LogP contribution < -0.4 is 0 Å². The fraction of sp³-hybridized carbons (Fsp3) is 0.636. The second-order valence-corrected chi connectivity index (χ2v) is 3.45. The first kappa shape index (κ1) is 6.81. The highest BCUT2D eigenvalue weighted by molar-refractivity contribution is 5.16. The van der Waals surface area contributed by atoms with E-state index in [1.54, 1.807) is 0 Å². The topological polar surface area (TPSA) is 0 Å². The van der Waals surface area contributed by atoms with E-state index in [9.17, 15) is 0 Å². The molecule has 0 aliphatic heterocycles. The van der Waals surface area contributed by atoms with E-state index in [1.165, 1.54) is 12.8 Å². The molecule has 1 unspecified atom stereocenters. The average molecular weight is 144 g/mol. The monoisotopic (exact) mass is 144 g/mol. The lowest BCUT2D eigenvalue weighted by atomic mass is 10.1. The maximum Gasteiger partial charge on any atom is 0.0263 e. The van der Waals surface area contributed by atoms with E-state index in [1.807, 2.05) is 0 Å². The second-order valence-electron chi connectivity index (χ2n) is 3.45. The third-order valence-electron chi connectivity index (χ3n) is 2.85. The third-order valence-corrected chi connectivity index (χ3v) is 2.85. The van der Waals surface area contributed by atoms with Gasteiger partial charge in [0.2, 0.25) is 0 Å². The molecule has 0 saturated heterocycles. The molecule has 0 aromatic carbocycles. The Hall–Kier alpha value is -0.880. The van der Waals surface area contributed by atoms with Crippen LogP contribution in [0, 0.1) is 41.9 Å². The van der Waals surface area contributed by atoms with Gasteiger partial charge in [-0.3, -0.25) is 0 Å². The molecule has 0 bridgehead atoms. The molecule has 0 nitrogen and oxygen atoms in total. The van der Waals surface area contributed by atoms with Gasteiger partial charge in [0.05, 0.1) is 0 Å². The van der Waals surface area contributed by atoms with Crippen molar-refractivity contribution in [2.45, 2.75) is 25.7 Å². The molecule has 0 amide bonds. The number of fused-ring (bicyclic) bond motifs is 1. The first-order valence-electron chi connectivity index (χ1n) is 4.35. The van der Waals surface area contributed by atoms with Gasteiger partial charge in [0, 0.05) is 18.8 Å². The van der Waals surface area contributed by atoms with Gasteiger partial charge in [-0.15, -0.1) is 24.2 Å². The fourth-order valence-electron chi connectivity index (χ4n) is 2.13. The Labute approximate surface area is 68.4 Å². The lowest BCUT2D eigenvalue weighted by Crippen LogP contribution is -1.85. The molecule has 0 heterocycles. The summed E-state index contributed by atoms with van der Waals surface area (Å²) in [7, 11) is 0. The number of hydrogen-bond donors (Lipinski definition) is 0. The maximum atomic E-state index is 5.40. The zero-order valence-electron chi connectivity index (χ0n) is 6.64. The molecule has 3 atom stereocenters. The second kappa shape index (κ2) is 2.63. The van der Waals surface area contributed by atoms with Crippen molar-refractivity contribution in [2.24, 2.45) is 17.8 Å². The van der Waals surface area contributed by atoms with Crippen molar-refractivity contribution in [1.82, 2.24) is 0 Å². The van der Waals surface area contributed by atoms with Crippen LogP contribution in [0.15, 0.2) is 0 Å². The zero-order valence-corrected chi connectivity index (χ0v) is 6.64. The molecule has 0 aromatic rings. The van der Waals surface area contributed by atoms with Crippen molar-refractivity contribution in [3.63, 3.8) is 0 Å². The van der Waals surface area contributed by atoms with Gasteiger partial charge in [-0.1, -0.05) is 0 Å². The predicted octanol–water partition coefficient (Wildman–Crippen LogP) is 2.06. The number of rotatable bonds is 0. The molecule has 2 aliphatic rings. The summed E-state index contributed by atoms with van der Waals surface area (Å²) in [6, 6.07) is 0. The Morgan fingerprint density at radius 2 is 1.64 bits per heavy atom. The zero-order chi connectivity index (χ0) is 7.68. The van der Waals surface area contributed by atoms with Crippen LogP contribution in [0.25, 0.3) is 0 Å². The largest absolute Gasteiger partial charge is 0.120 e. The molecule has 0 N–H and O–H groups in total. The number of terminal acetylenes is 1. The lowest BCUT2D eigenvalue weighted by molar-refractivity contribution is 0.618. The average Bonchev–Trinajstić information content (AvgIpc) is 2.60. The quantitative estimate of drug-likeness (QED) is 0.456. The van der Waals surface area contributed by atoms with Gasteiger partial charge in [0.25, 0.3) is 0 Å². The minimum atomic E-state index is 0.594. The summed E-state index contributed by atoms with van der Waals surface area (Å²) >= 11 is 0. The molecule has 0 radical (unpaired) electrons. The normalized spacial score (nSPS) is 40.1. The van der Waals surface area contributed by atoms with Crippen molar-refractivity contribution in [1.29, 1.82) is 0 Å². The Kier molecular flexibility index (Phi) is 1.63. The predicted molar refractivity (Wildman–Crippen MR) is 45.5 cm³/mol. The number of hydrogen-bond acceptors (Lipinski definition) is 0. The highest BCUT2D eigenvalue weighted by Crippen LogP contribution is 2.51. The molecule has 0 spiro atoms. The minimum absolute atomic E-state index is 0.594. The molecular formula is C11H12. The van der Waals surface area contributed by atoms with Crippen molar-refractivity contribution in [3.05, 3.63) is 0 Å². The van der Waals surface area contributed by atoms with Crippen LogP contribution >= 0.6 is 0 Å². The van der Waals surface area contributed by atoms with Crippen LogP contribution in [-0.4, -0.2) is 0 Å². The Bertz CT molecular complexity index is 227. The Balaban J connectivity index is 2.00. The van der Waals surface area contributed by atoms with Crippen molar-refractivity contribution in [3.8, 4) is 24.2 Å². The van der Waals surface area contributed by atoms with Crippen LogP contribution in [0.3, 0.4) is 0 Å². The highest BCUT2D eigenvalue weighted by Gasteiger charge is 2.47. The van der Waals surface area contributed by atoms with E-state index in [-0.39, 0.29) is 0 Å². The van der Waals surface area contributed by atoms with E-state index in [0.29, 0.717) is 5.92 Å². The van der Waals surface area contributed by atoms with Crippen LogP contribution in [0.5, 0.6) is 0 Å². The van der Waals surface area contributed by atoms with Crippen molar-refractivity contribution < 1.29 is 0 Å². The first-order valence-corrected chi connectivity index (χ1v) is 4.35. The van der Waals surface area contributed by atoms with Crippen LogP contribution in [0.2, 0.25) is 0 Å². The van der Waals surface area contributed by atoms with E-state index < -0.39 is 0 Å². The van der Waals surface area contributed by atoms with E-state index >= 15 is 0 Å². The summed E-state index contributed by atoms with van der Waals surface area (Å²) in [5.41, 5.74) is 0. The molecular weight excluding hydrogens is 132 g/mol. The van der Waals surface area contributed by atoms with Gasteiger partial charge in [-0.2, -0.15) is 0 Å². The van der Waals surface area contributed by atoms with Gasteiger partial charge in [-0.05, 0) is 24.7 Å². The SMILES string of the molecule is C#CC1[C@H]2CCC#CCC[C@@H]12. The molecule has 2 aliphatic carbocycles. The fourth-order valence-corrected chi connectivity index (χ4v) is 2.13. The Morgan fingerprint density at radius 1 is 1.09 bits per heavy atom. The summed E-state index contributed by atoms with van der Waals surface area (Å²) in [6.45, 7) is 0. The van der Waals surface area contributed by atoms with Gasteiger partial charge in [-0.25, -0.2) is 0 Å². The minimum Gasteiger partial charge on any atom is -0.120 e. The lowest BCUT2D eigenvalue weighted by Gasteiger charge is -1.95. The Morgan fingerprint density at radius 3 is 2.09 bits per heavy atom. The van der Waals surface area contributed by atoms with Crippen molar-refractivity contribution in [2.75, 3.05) is 0 Å². The molecule has 11 heavy (non-hydrogen) atoms. The van der Waals surface area contributed by atoms with Crippen LogP contribution in [-0.2, 0) is 0 Å². The maximum absolute atomic E-state index is 5.40. The van der Waals surface area contributed by atoms with E-state index in [2.05, 4.69) is 17.8 Å². The van der Waals surface area contributed by atoms with E-state index in [4.69, 9.17) is 6.42 Å². The summed E-state index contributed by atoms with van der Waals surface area (Å²) in [5, 5.41) is 0. The summed E-state index contributed by atoms with van der Waals surface area (Å²) in [4.78, 5) is 0. The molecule has 1 saturated carbocycles. The highest BCUT2D eigenvalue weighted by atomic mass is 14.5. The van der Waals surface area contributed by atoms with E-state index in [0.717, 1.165) is 24.7 Å². The molecule has 56 valence electrons. The van der Waals surface area contributed by atoms with Gasteiger partial charge in [0.15, 0.2) is 0 Å². The first-order chi connectivity index (χ1) is 5.43. The molecule has 0 aromatic heterocycles. The standard InChI is InChI=1S/C11H12/c1-2-9-10-7-5-3-4-6-8-11(9)10/h1,9-11H,5-8H2/t9?,10-,11+. The molecule has 0 heteroatoms. The third kappa shape index (κ3) is 1.14. The van der Waals surface area contributed by atoms with Crippen molar-refractivity contribution >= 4 is 0 Å². The molecule has 1 fully saturated rings. The van der Waals surface area contributed by atoms with Crippen LogP contribution in [0.1, 0.15) is 25.7 Å².